The van der Waals surface area contributed by atoms with Crippen LogP contribution in [0.2, 0.25) is 0 Å². The molecule has 0 spiro atoms. The van der Waals surface area contributed by atoms with E-state index in [2.05, 4.69) is 10.6 Å². The summed E-state index contributed by atoms with van der Waals surface area (Å²) < 4.78 is 0. The van der Waals surface area contributed by atoms with Gasteiger partial charge in [0.1, 0.15) is 0 Å². The molecule has 0 aliphatic carbocycles. The van der Waals surface area contributed by atoms with Crippen molar-refractivity contribution in [3.63, 3.8) is 0 Å². The Kier molecular flexibility index (Phi) is 6.65. The van der Waals surface area contributed by atoms with Gasteiger partial charge in [0.15, 0.2) is 0 Å². The SMILES string of the molecule is CC(C(=O)N(C)CC(=O)Nc1ccccc1)C1CNC1.Cl. The molecule has 1 aliphatic rings. The number of amides is 2. The summed E-state index contributed by atoms with van der Waals surface area (Å²) in [5.74, 6) is 0.207. The number of nitrogens with one attached hydrogen (secondary N) is 2. The lowest BCUT2D eigenvalue weighted by molar-refractivity contribution is -0.138. The molecule has 5 nitrogen and oxygen atoms in total. The molecule has 2 rings (SSSR count). The standard InChI is InChI=1S/C15H21N3O2.ClH/c1-11(12-8-16-9-12)15(20)18(2)10-14(19)17-13-6-4-3-5-7-13;/h3-7,11-12,16H,8-10H2,1-2H3,(H,17,19);1H. The molecule has 0 bridgehead atoms. The first-order valence-electron chi connectivity index (χ1n) is 6.88. The molecule has 116 valence electrons. The fraction of sp³-hybridized carbons (Fsp3) is 0.467. The van der Waals surface area contributed by atoms with Crippen molar-refractivity contribution in [2.24, 2.45) is 11.8 Å². The van der Waals surface area contributed by atoms with Crippen LogP contribution in [0.25, 0.3) is 0 Å². The molecular formula is C15H22ClN3O2. The Balaban J connectivity index is 0.00000220. The summed E-state index contributed by atoms with van der Waals surface area (Å²) >= 11 is 0. The Morgan fingerprint density at radius 1 is 1.33 bits per heavy atom. The smallest absolute Gasteiger partial charge is 0.243 e. The summed E-state index contributed by atoms with van der Waals surface area (Å²) in [6.45, 7) is 3.78. The van der Waals surface area contributed by atoms with Crippen molar-refractivity contribution in [3.8, 4) is 0 Å². The Hall–Kier alpha value is -1.59. The molecule has 0 radical (unpaired) electrons. The zero-order chi connectivity index (χ0) is 14.5. The van der Waals surface area contributed by atoms with Crippen molar-refractivity contribution in [1.82, 2.24) is 10.2 Å². The van der Waals surface area contributed by atoms with Crippen molar-refractivity contribution in [1.29, 1.82) is 0 Å². The number of hydrogen-bond donors (Lipinski definition) is 2. The van der Waals surface area contributed by atoms with Gasteiger partial charge in [0.2, 0.25) is 11.8 Å². The highest BCUT2D eigenvalue weighted by molar-refractivity contribution is 5.94. The highest BCUT2D eigenvalue weighted by Crippen LogP contribution is 2.17. The van der Waals surface area contributed by atoms with E-state index in [0.717, 1.165) is 18.8 Å². The van der Waals surface area contributed by atoms with Gasteiger partial charge in [-0.25, -0.2) is 0 Å². The number of nitrogens with zero attached hydrogens (tertiary/aromatic N) is 1. The summed E-state index contributed by atoms with van der Waals surface area (Å²) in [5.41, 5.74) is 0.745. The normalized spacial score (nSPS) is 15.3. The average Bonchev–Trinajstić information content (AvgIpc) is 2.36. The number of rotatable bonds is 5. The molecule has 1 aliphatic heterocycles. The number of halogens is 1. The van der Waals surface area contributed by atoms with Gasteiger partial charge in [0.25, 0.3) is 0 Å². The first-order chi connectivity index (χ1) is 9.58. The fourth-order valence-corrected chi connectivity index (χ4v) is 2.23. The van der Waals surface area contributed by atoms with Gasteiger partial charge in [-0.15, -0.1) is 12.4 Å². The Morgan fingerprint density at radius 2 is 1.95 bits per heavy atom. The van der Waals surface area contributed by atoms with Crippen LogP contribution in [0.3, 0.4) is 0 Å². The number of anilines is 1. The van der Waals surface area contributed by atoms with Gasteiger partial charge in [-0.2, -0.15) is 0 Å². The molecule has 6 heteroatoms. The van der Waals surface area contributed by atoms with E-state index < -0.39 is 0 Å². The molecule has 1 aromatic carbocycles. The maximum absolute atomic E-state index is 12.2. The van der Waals surface area contributed by atoms with E-state index in [1.807, 2.05) is 37.3 Å². The minimum atomic E-state index is -0.175. The van der Waals surface area contributed by atoms with Gasteiger partial charge in [-0.1, -0.05) is 25.1 Å². The Labute approximate surface area is 131 Å². The van der Waals surface area contributed by atoms with Crippen molar-refractivity contribution in [3.05, 3.63) is 30.3 Å². The van der Waals surface area contributed by atoms with Gasteiger partial charge in [0.05, 0.1) is 6.54 Å². The highest BCUT2D eigenvalue weighted by atomic mass is 35.5. The van der Waals surface area contributed by atoms with Crippen LogP contribution in [-0.4, -0.2) is 43.4 Å². The van der Waals surface area contributed by atoms with Crippen molar-refractivity contribution < 1.29 is 9.59 Å². The van der Waals surface area contributed by atoms with E-state index in [-0.39, 0.29) is 36.7 Å². The molecule has 2 N–H and O–H groups in total. The molecule has 1 unspecified atom stereocenters. The van der Waals surface area contributed by atoms with E-state index in [1.165, 1.54) is 4.90 Å². The van der Waals surface area contributed by atoms with Crippen LogP contribution in [0.15, 0.2) is 30.3 Å². The molecule has 1 saturated heterocycles. The van der Waals surface area contributed by atoms with Crippen LogP contribution in [0, 0.1) is 11.8 Å². The van der Waals surface area contributed by atoms with Crippen LogP contribution in [0.5, 0.6) is 0 Å². The van der Waals surface area contributed by atoms with Crippen LogP contribution in [-0.2, 0) is 9.59 Å². The molecule has 2 amide bonds. The summed E-state index contributed by atoms with van der Waals surface area (Å²) in [5, 5.41) is 5.94. The van der Waals surface area contributed by atoms with E-state index in [0.29, 0.717) is 5.92 Å². The fourth-order valence-electron chi connectivity index (χ4n) is 2.23. The van der Waals surface area contributed by atoms with Gasteiger partial charge < -0.3 is 15.5 Å². The molecule has 0 saturated carbocycles. The second-order valence-corrected chi connectivity index (χ2v) is 5.32. The molecule has 1 aromatic rings. The number of carbonyl (C=O) groups is 2. The van der Waals surface area contributed by atoms with Gasteiger partial charge in [-0.3, -0.25) is 9.59 Å². The quantitative estimate of drug-likeness (QED) is 0.863. The van der Waals surface area contributed by atoms with Crippen LogP contribution in [0.1, 0.15) is 6.92 Å². The van der Waals surface area contributed by atoms with E-state index >= 15 is 0 Å². The number of para-hydroxylation sites is 1. The lowest BCUT2D eigenvalue weighted by Crippen LogP contribution is -2.50. The topological polar surface area (TPSA) is 61.4 Å². The van der Waals surface area contributed by atoms with Crippen molar-refractivity contribution in [2.75, 3.05) is 32.0 Å². The predicted molar refractivity (Wildman–Crippen MR) is 85.5 cm³/mol. The lowest BCUT2D eigenvalue weighted by Gasteiger charge is -2.33. The molecular weight excluding hydrogens is 290 g/mol. The zero-order valence-corrected chi connectivity index (χ0v) is 13.2. The van der Waals surface area contributed by atoms with E-state index in [4.69, 9.17) is 0 Å². The first-order valence-corrected chi connectivity index (χ1v) is 6.88. The third-order valence-corrected chi connectivity index (χ3v) is 3.72. The minimum Gasteiger partial charge on any atom is -0.336 e. The monoisotopic (exact) mass is 311 g/mol. The summed E-state index contributed by atoms with van der Waals surface area (Å²) in [7, 11) is 1.68. The predicted octanol–water partition coefficient (Wildman–Crippen LogP) is 1.36. The van der Waals surface area contributed by atoms with Crippen LogP contribution >= 0.6 is 12.4 Å². The van der Waals surface area contributed by atoms with Gasteiger partial charge in [-0.05, 0) is 31.1 Å². The summed E-state index contributed by atoms with van der Waals surface area (Å²) in [6.07, 6.45) is 0. The zero-order valence-electron chi connectivity index (χ0n) is 12.3. The first kappa shape index (κ1) is 17.5. The second kappa shape index (κ2) is 8.00. The van der Waals surface area contributed by atoms with E-state index in [1.54, 1.807) is 7.05 Å². The Bertz CT molecular complexity index is 477. The number of hydrogen-bond acceptors (Lipinski definition) is 3. The van der Waals surface area contributed by atoms with Gasteiger partial charge in [0, 0.05) is 18.7 Å². The molecule has 1 heterocycles. The average molecular weight is 312 g/mol. The van der Waals surface area contributed by atoms with Crippen LogP contribution in [0.4, 0.5) is 5.69 Å². The van der Waals surface area contributed by atoms with Crippen LogP contribution < -0.4 is 10.6 Å². The molecule has 1 atom stereocenters. The largest absolute Gasteiger partial charge is 0.336 e. The number of carbonyl (C=O) groups excluding carboxylic acids is 2. The maximum atomic E-state index is 12.2. The Morgan fingerprint density at radius 3 is 2.48 bits per heavy atom. The molecule has 21 heavy (non-hydrogen) atoms. The van der Waals surface area contributed by atoms with Gasteiger partial charge >= 0.3 is 0 Å². The number of benzene rings is 1. The lowest BCUT2D eigenvalue weighted by atomic mass is 9.88. The summed E-state index contributed by atoms with van der Waals surface area (Å²) in [4.78, 5) is 25.6. The molecule has 1 fully saturated rings. The second-order valence-electron chi connectivity index (χ2n) is 5.32. The third-order valence-electron chi connectivity index (χ3n) is 3.72. The van der Waals surface area contributed by atoms with E-state index in [9.17, 15) is 9.59 Å². The molecule has 0 aromatic heterocycles. The summed E-state index contributed by atoms with van der Waals surface area (Å²) in [6, 6.07) is 9.25. The van der Waals surface area contributed by atoms with Crippen molar-refractivity contribution >= 4 is 29.9 Å². The maximum Gasteiger partial charge on any atom is 0.243 e. The number of likely N-dealkylation sites (N-methyl/N-ethyl adjacent to an activating group) is 1. The minimum absolute atomic E-state index is 0. The van der Waals surface area contributed by atoms with Crippen molar-refractivity contribution in [2.45, 2.75) is 6.92 Å². The highest BCUT2D eigenvalue weighted by Gasteiger charge is 2.30. The third kappa shape index (κ3) is 4.72.